The maximum atomic E-state index is 11.6. The summed E-state index contributed by atoms with van der Waals surface area (Å²) in [5.74, 6) is -0.929. The molecule has 2 rings (SSSR count). The average molecular weight is 289 g/mol. The van der Waals surface area contributed by atoms with E-state index in [2.05, 4.69) is 4.98 Å². The Kier molecular flexibility index (Phi) is 4.07. The van der Waals surface area contributed by atoms with Gasteiger partial charge in [0.2, 0.25) is 0 Å². The molecule has 0 spiro atoms. The summed E-state index contributed by atoms with van der Waals surface area (Å²) in [5.41, 5.74) is 0.497. The second kappa shape index (κ2) is 5.95. The minimum Gasteiger partial charge on any atom is -0.481 e. The molecule has 1 heterocycles. The molecule has 2 aromatic rings. The van der Waals surface area contributed by atoms with Gasteiger partial charge >= 0.3 is 17.3 Å². The van der Waals surface area contributed by atoms with Crippen molar-refractivity contribution >= 4 is 11.7 Å². The lowest BCUT2D eigenvalue weighted by Crippen LogP contribution is -2.23. The number of carbonyl (C=O) groups is 1. The summed E-state index contributed by atoms with van der Waals surface area (Å²) in [5, 5.41) is 19.3. The van der Waals surface area contributed by atoms with Crippen LogP contribution in [-0.4, -0.2) is 25.6 Å². The Morgan fingerprint density at radius 3 is 2.48 bits per heavy atom. The van der Waals surface area contributed by atoms with Crippen molar-refractivity contribution < 1.29 is 14.8 Å². The van der Waals surface area contributed by atoms with Crippen LogP contribution in [0.1, 0.15) is 11.1 Å². The SMILES string of the molecule is O=C(O)Cc1ccc(Cn2cc([N+](=O)[O-])cnc2=O)cc1. The number of hydrogen-bond acceptors (Lipinski definition) is 5. The van der Waals surface area contributed by atoms with E-state index in [0.29, 0.717) is 11.1 Å². The van der Waals surface area contributed by atoms with Crippen LogP contribution in [0.3, 0.4) is 0 Å². The van der Waals surface area contributed by atoms with Crippen LogP contribution >= 0.6 is 0 Å². The number of nitro groups is 1. The summed E-state index contributed by atoms with van der Waals surface area (Å²) in [6.45, 7) is 0.126. The first-order chi connectivity index (χ1) is 9.95. The number of carboxylic acid groups (broad SMARTS) is 1. The van der Waals surface area contributed by atoms with Crippen molar-refractivity contribution in [2.45, 2.75) is 13.0 Å². The van der Waals surface area contributed by atoms with Crippen molar-refractivity contribution in [2.75, 3.05) is 0 Å². The lowest BCUT2D eigenvalue weighted by molar-refractivity contribution is -0.385. The number of nitrogens with zero attached hydrogens (tertiary/aromatic N) is 3. The summed E-state index contributed by atoms with van der Waals surface area (Å²) in [7, 11) is 0. The van der Waals surface area contributed by atoms with E-state index in [1.54, 1.807) is 24.3 Å². The second-order valence-corrected chi connectivity index (χ2v) is 4.37. The molecule has 0 fully saturated rings. The number of hydrogen-bond donors (Lipinski definition) is 1. The fraction of sp³-hybridized carbons (Fsp3) is 0.154. The van der Waals surface area contributed by atoms with Gasteiger partial charge in [-0.2, -0.15) is 4.98 Å². The number of carboxylic acids is 1. The van der Waals surface area contributed by atoms with Gasteiger partial charge in [-0.25, -0.2) is 4.79 Å². The van der Waals surface area contributed by atoms with E-state index >= 15 is 0 Å². The van der Waals surface area contributed by atoms with Crippen LogP contribution in [0.15, 0.2) is 41.5 Å². The van der Waals surface area contributed by atoms with E-state index in [0.717, 1.165) is 17.0 Å². The third-order valence-electron chi connectivity index (χ3n) is 2.78. The van der Waals surface area contributed by atoms with Crippen molar-refractivity contribution in [1.29, 1.82) is 0 Å². The van der Waals surface area contributed by atoms with Gasteiger partial charge in [-0.1, -0.05) is 24.3 Å². The molecule has 0 aliphatic carbocycles. The van der Waals surface area contributed by atoms with Crippen LogP contribution < -0.4 is 5.69 Å². The van der Waals surface area contributed by atoms with Crippen molar-refractivity contribution in [3.8, 4) is 0 Å². The topological polar surface area (TPSA) is 115 Å². The largest absolute Gasteiger partial charge is 0.481 e. The van der Waals surface area contributed by atoms with Gasteiger partial charge in [0.1, 0.15) is 6.20 Å². The molecule has 0 saturated heterocycles. The molecule has 108 valence electrons. The standard InChI is InChI=1S/C13H11N3O5/c17-12(18)5-9-1-3-10(4-2-9)7-15-8-11(16(20)21)6-14-13(15)19/h1-4,6,8H,5,7H2,(H,17,18). The molecule has 1 aromatic carbocycles. The van der Waals surface area contributed by atoms with Gasteiger partial charge in [0.05, 0.1) is 24.1 Å². The summed E-state index contributed by atoms with van der Waals surface area (Å²) in [6.07, 6.45) is 1.95. The Labute approximate surface area is 118 Å². The lowest BCUT2D eigenvalue weighted by atomic mass is 10.1. The van der Waals surface area contributed by atoms with Gasteiger partial charge in [-0.3, -0.25) is 19.5 Å². The first kappa shape index (κ1) is 14.4. The number of rotatable bonds is 5. The molecule has 0 atom stereocenters. The van der Waals surface area contributed by atoms with E-state index in [1.165, 1.54) is 0 Å². The lowest BCUT2D eigenvalue weighted by Gasteiger charge is -2.05. The molecule has 0 aliphatic heterocycles. The van der Waals surface area contributed by atoms with Crippen LogP contribution in [0.4, 0.5) is 5.69 Å². The maximum absolute atomic E-state index is 11.6. The van der Waals surface area contributed by atoms with E-state index in [9.17, 15) is 19.7 Å². The van der Waals surface area contributed by atoms with E-state index in [4.69, 9.17) is 5.11 Å². The molecule has 8 heteroatoms. The summed E-state index contributed by atoms with van der Waals surface area (Å²) in [4.78, 5) is 35.6. The van der Waals surface area contributed by atoms with Crippen LogP contribution in [0.2, 0.25) is 0 Å². The predicted octanol–water partition coefficient (Wildman–Crippen LogP) is 0.827. The first-order valence-corrected chi connectivity index (χ1v) is 5.96. The summed E-state index contributed by atoms with van der Waals surface area (Å²) in [6, 6.07) is 6.62. The van der Waals surface area contributed by atoms with E-state index in [1.807, 2.05) is 0 Å². The average Bonchev–Trinajstić information content (AvgIpc) is 2.42. The van der Waals surface area contributed by atoms with Gasteiger partial charge in [-0.15, -0.1) is 0 Å². The minimum absolute atomic E-state index is 0.0847. The highest BCUT2D eigenvalue weighted by molar-refractivity contribution is 5.70. The zero-order valence-corrected chi connectivity index (χ0v) is 10.8. The number of benzene rings is 1. The molecule has 1 aromatic heterocycles. The van der Waals surface area contributed by atoms with Crippen LogP contribution in [0.25, 0.3) is 0 Å². The predicted molar refractivity (Wildman–Crippen MR) is 72.0 cm³/mol. The van der Waals surface area contributed by atoms with Crippen LogP contribution in [0, 0.1) is 10.1 Å². The normalized spacial score (nSPS) is 10.3. The Balaban J connectivity index is 2.22. The van der Waals surface area contributed by atoms with Gasteiger partial charge < -0.3 is 5.11 Å². The summed E-state index contributed by atoms with van der Waals surface area (Å²) < 4.78 is 1.13. The first-order valence-electron chi connectivity index (χ1n) is 5.96. The molecule has 0 aliphatic rings. The number of aliphatic carboxylic acids is 1. The molecular formula is C13H11N3O5. The molecule has 21 heavy (non-hydrogen) atoms. The third kappa shape index (κ3) is 3.72. The van der Waals surface area contributed by atoms with E-state index < -0.39 is 16.6 Å². The van der Waals surface area contributed by atoms with Crippen LogP contribution in [-0.2, 0) is 17.8 Å². The van der Waals surface area contributed by atoms with Gasteiger partial charge in [0.25, 0.3) is 0 Å². The van der Waals surface area contributed by atoms with Gasteiger partial charge in [-0.05, 0) is 11.1 Å². The van der Waals surface area contributed by atoms with Crippen molar-refractivity contribution in [3.05, 3.63) is 68.4 Å². The Morgan fingerprint density at radius 1 is 1.29 bits per heavy atom. The van der Waals surface area contributed by atoms with Gasteiger partial charge in [0, 0.05) is 0 Å². The highest BCUT2D eigenvalue weighted by Gasteiger charge is 2.09. The maximum Gasteiger partial charge on any atom is 0.348 e. The Bertz CT molecular complexity index is 736. The smallest absolute Gasteiger partial charge is 0.348 e. The molecule has 0 unspecified atom stereocenters. The molecule has 0 radical (unpaired) electrons. The van der Waals surface area contributed by atoms with Crippen molar-refractivity contribution in [2.24, 2.45) is 0 Å². The molecule has 0 amide bonds. The highest BCUT2D eigenvalue weighted by Crippen LogP contribution is 2.09. The van der Waals surface area contributed by atoms with Crippen molar-refractivity contribution in [3.63, 3.8) is 0 Å². The van der Waals surface area contributed by atoms with Gasteiger partial charge in [0.15, 0.2) is 0 Å². The summed E-state index contributed by atoms with van der Waals surface area (Å²) >= 11 is 0. The zero-order valence-electron chi connectivity index (χ0n) is 10.8. The van der Waals surface area contributed by atoms with Crippen LogP contribution in [0.5, 0.6) is 0 Å². The number of aromatic nitrogens is 2. The fourth-order valence-corrected chi connectivity index (χ4v) is 1.79. The fourth-order valence-electron chi connectivity index (χ4n) is 1.79. The zero-order chi connectivity index (χ0) is 15.4. The molecule has 1 N–H and O–H groups in total. The van der Waals surface area contributed by atoms with E-state index in [-0.39, 0.29) is 18.7 Å². The highest BCUT2D eigenvalue weighted by atomic mass is 16.6. The Hall–Kier alpha value is -3.03. The molecule has 8 nitrogen and oxygen atoms in total. The monoisotopic (exact) mass is 289 g/mol. The Morgan fingerprint density at radius 2 is 1.90 bits per heavy atom. The second-order valence-electron chi connectivity index (χ2n) is 4.37. The van der Waals surface area contributed by atoms with Crippen molar-refractivity contribution in [1.82, 2.24) is 9.55 Å². The molecule has 0 bridgehead atoms. The molecule has 0 saturated carbocycles. The quantitative estimate of drug-likeness (QED) is 0.643. The third-order valence-corrected chi connectivity index (χ3v) is 2.78. The molecular weight excluding hydrogens is 278 g/mol. The minimum atomic E-state index is -0.929.